The average Bonchev–Trinajstić information content (AvgIpc) is 2.81. The summed E-state index contributed by atoms with van der Waals surface area (Å²) in [6, 6.07) is 1.91. The van der Waals surface area contributed by atoms with Crippen LogP contribution in [0.1, 0.15) is 30.7 Å². The van der Waals surface area contributed by atoms with Crippen molar-refractivity contribution in [2.45, 2.75) is 32.5 Å². The van der Waals surface area contributed by atoms with Gasteiger partial charge in [-0.25, -0.2) is 13.3 Å². The highest BCUT2D eigenvalue weighted by Gasteiger charge is 2.36. The van der Waals surface area contributed by atoms with Crippen LogP contribution in [-0.4, -0.2) is 30.0 Å². The van der Waals surface area contributed by atoms with Gasteiger partial charge in [0.15, 0.2) is 15.5 Å². The second kappa shape index (κ2) is 6.04. The Labute approximate surface area is 143 Å². The summed E-state index contributed by atoms with van der Waals surface area (Å²) in [6.45, 7) is 11.3. The van der Waals surface area contributed by atoms with Crippen LogP contribution in [0.15, 0.2) is 12.1 Å². The predicted molar refractivity (Wildman–Crippen MR) is 88.2 cm³/mol. The molecule has 1 aromatic heterocycles. The Morgan fingerprint density at radius 2 is 1.92 bits per heavy atom. The van der Waals surface area contributed by atoms with Gasteiger partial charge < -0.3 is 10.1 Å². The first-order valence-electron chi connectivity index (χ1n) is 7.36. The molecule has 0 spiro atoms. The fraction of sp³-hybridized carbons (Fsp3) is 0.438. The van der Waals surface area contributed by atoms with E-state index in [1.807, 2.05) is 0 Å². The highest BCUT2D eigenvalue weighted by atomic mass is 32.2. The van der Waals surface area contributed by atoms with E-state index in [0.717, 1.165) is 12.1 Å². The van der Waals surface area contributed by atoms with E-state index in [1.165, 1.54) is 13.8 Å². The summed E-state index contributed by atoms with van der Waals surface area (Å²) in [6.07, 6.45) is -4.69. The highest BCUT2D eigenvalue weighted by Crippen LogP contribution is 2.41. The first kappa shape index (κ1) is 19.3. The molecule has 1 heterocycles. The summed E-state index contributed by atoms with van der Waals surface area (Å²) >= 11 is 0. The van der Waals surface area contributed by atoms with E-state index in [4.69, 9.17) is 6.57 Å². The van der Waals surface area contributed by atoms with Gasteiger partial charge in [0.25, 0.3) is 0 Å². The van der Waals surface area contributed by atoms with Gasteiger partial charge >= 0.3 is 6.18 Å². The molecule has 0 aliphatic carbocycles. The van der Waals surface area contributed by atoms with Crippen molar-refractivity contribution in [3.8, 4) is 0 Å². The smallest absolute Gasteiger partial charge is 0.383 e. The van der Waals surface area contributed by atoms with Crippen LogP contribution in [0.25, 0.3) is 15.7 Å². The van der Waals surface area contributed by atoms with Gasteiger partial charge in [0, 0.05) is 11.3 Å². The Bertz CT molecular complexity index is 967. The molecule has 0 amide bonds. The standard InChI is InChI=1S/C16H17F3N2O3S/c1-5-25(23,24)8-15(3,22)14-9(2)10-6-13(20-4)11(16(17,18)19)7-12(10)21-14/h6-7,21-22H,5,8H2,1-3H3. The third-order valence-corrected chi connectivity index (χ3v) is 5.96. The van der Waals surface area contributed by atoms with Crippen LogP contribution in [0.4, 0.5) is 18.9 Å². The quantitative estimate of drug-likeness (QED) is 0.802. The molecule has 0 aliphatic heterocycles. The van der Waals surface area contributed by atoms with Crippen LogP contribution in [-0.2, 0) is 21.6 Å². The van der Waals surface area contributed by atoms with E-state index in [1.54, 1.807) is 6.92 Å². The molecule has 5 nitrogen and oxygen atoms in total. The fourth-order valence-electron chi connectivity index (χ4n) is 2.83. The van der Waals surface area contributed by atoms with Crippen molar-refractivity contribution in [1.29, 1.82) is 0 Å². The molecule has 2 aromatic rings. The normalized spacial score (nSPS) is 15.1. The fourth-order valence-corrected chi connectivity index (χ4v) is 4.03. The SMILES string of the molecule is [C-]#[N+]c1cc2c(C)c(C(C)(O)CS(=O)(=O)CC)[nH]c2cc1C(F)(F)F. The van der Waals surface area contributed by atoms with Crippen molar-refractivity contribution >= 4 is 26.4 Å². The minimum Gasteiger partial charge on any atom is -0.383 e. The lowest BCUT2D eigenvalue weighted by atomic mass is 9.99. The topological polar surface area (TPSA) is 74.5 Å². The highest BCUT2D eigenvalue weighted by molar-refractivity contribution is 7.91. The molecule has 0 aliphatic rings. The lowest BCUT2D eigenvalue weighted by Crippen LogP contribution is -2.33. The molecule has 0 saturated carbocycles. The van der Waals surface area contributed by atoms with E-state index in [0.29, 0.717) is 10.9 Å². The summed E-state index contributed by atoms with van der Waals surface area (Å²) in [7, 11) is -3.52. The van der Waals surface area contributed by atoms with Crippen molar-refractivity contribution in [3.05, 3.63) is 40.4 Å². The maximum atomic E-state index is 13.1. The molecule has 9 heteroatoms. The number of aromatic nitrogens is 1. The van der Waals surface area contributed by atoms with Gasteiger partial charge in [-0.3, -0.25) is 0 Å². The first-order valence-corrected chi connectivity index (χ1v) is 9.19. The summed E-state index contributed by atoms with van der Waals surface area (Å²) < 4.78 is 62.9. The maximum absolute atomic E-state index is 13.1. The zero-order valence-corrected chi connectivity index (χ0v) is 14.6. The zero-order valence-electron chi connectivity index (χ0n) is 13.8. The number of nitrogens with zero attached hydrogens (tertiary/aromatic N) is 1. The number of hydrogen-bond donors (Lipinski definition) is 2. The second-order valence-corrected chi connectivity index (χ2v) is 8.45. The molecule has 2 N–H and O–H groups in total. The predicted octanol–water partition coefficient (Wildman–Crippen LogP) is 3.69. The van der Waals surface area contributed by atoms with E-state index >= 15 is 0 Å². The third kappa shape index (κ3) is 3.65. The van der Waals surface area contributed by atoms with E-state index in [2.05, 4.69) is 9.83 Å². The molecule has 1 atom stereocenters. The molecule has 0 bridgehead atoms. The van der Waals surface area contributed by atoms with Crippen molar-refractivity contribution in [3.63, 3.8) is 0 Å². The Hall–Kier alpha value is -2.05. The number of aromatic amines is 1. The minimum atomic E-state index is -4.69. The number of nitrogens with one attached hydrogen (secondary N) is 1. The van der Waals surface area contributed by atoms with Crippen LogP contribution in [0.2, 0.25) is 0 Å². The summed E-state index contributed by atoms with van der Waals surface area (Å²) in [5.74, 6) is -0.728. The number of hydrogen-bond acceptors (Lipinski definition) is 3. The van der Waals surface area contributed by atoms with E-state index in [9.17, 15) is 26.7 Å². The maximum Gasteiger partial charge on any atom is 0.407 e. The number of aliphatic hydroxyl groups is 1. The van der Waals surface area contributed by atoms with Gasteiger partial charge in [-0.2, -0.15) is 13.2 Å². The molecule has 0 saturated heterocycles. The van der Waals surface area contributed by atoms with Crippen LogP contribution in [0.3, 0.4) is 0 Å². The van der Waals surface area contributed by atoms with Crippen LogP contribution in [0.5, 0.6) is 0 Å². The van der Waals surface area contributed by atoms with Gasteiger partial charge in [-0.05, 0) is 36.9 Å². The van der Waals surface area contributed by atoms with Crippen molar-refractivity contribution < 1.29 is 26.7 Å². The van der Waals surface area contributed by atoms with Gasteiger partial charge in [-0.15, -0.1) is 0 Å². The Morgan fingerprint density at radius 3 is 2.40 bits per heavy atom. The van der Waals surface area contributed by atoms with Gasteiger partial charge in [0.1, 0.15) is 5.60 Å². The van der Waals surface area contributed by atoms with Crippen molar-refractivity contribution in [2.24, 2.45) is 0 Å². The molecule has 25 heavy (non-hydrogen) atoms. The van der Waals surface area contributed by atoms with Crippen LogP contribution < -0.4 is 0 Å². The number of fused-ring (bicyclic) bond motifs is 1. The molecule has 0 radical (unpaired) electrons. The summed E-state index contributed by atoms with van der Waals surface area (Å²) in [5, 5.41) is 10.9. The molecule has 2 rings (SSSR count). The van der Waals surface area contributed by atoms with Gasteiger partial charge in [0.2, 0.25) is 0 Å². The van der Waals surface area contributed by atoms with Crippen molar-refractivity contribution in [1.82, 2.24) is 4.98 Å². The molecule has 1 unspecified atom stereocenters. The first-order chi connectivity index (χ1) is 11.3. The summed E-state index contributed by atoms with van der Waals surface area (Å²) in [5.41, 5.74) is -2.81. The van der Waals surface area contributed by atoms with Crippen LogP contribution in [0, 0.1) is 13.5 Å². The number of rotatable bonds is 4. The average molecular weight is 374 g/mol. The Kier molecular flexibility index (Phi) is 4.65. The number of alkyl halides is 3. The minimum absolute atomic E-state index is 0.0846. The molecular formula is C16H17F3N2O3S. The monoisotopic (exact) mass is 374 g/mol. The van der Waals surface area contributed by atoms with E-state index < -0.39 is 38.6 Å². The molecule has 1 aromatic carbocycles. The van der Waals surface area contributed by atoms with E-state index in [-0.39, 0.29) is 17.0 Å². The third-order valence-electron chi connectivity index (χ3n) is 4.08. The lowest BCUT2D eigenvalue weighted by Gasteiger charge is -2.22. The Morgan fingerprint density at radius 1 is 1.32 bits per heavy atom. The number of sulfone groups is 1. The van der Waals surface area contributed by atoms with Gasteiger partial charge in [0.05, 0.1) is 23.6 Å². The largest absolute Gasteiger partial charge is 0.407 e. The lowest BCUT2D eigenvalue weighted by molar-refractivity contribution is -0.136. The number of H-pyrrole nitrogens is 1. The zero-order chi connectivity index (χ0) is 19.2. The molecular weight excluding hydrogens is 357 g/mol. The number of benzene rings is 1. The second-order valence-electron chi connectivity index (χ2n) is 6.10. The van der Waals surface area contributed by atoms with Crippen LogP contribution >= 0.6 is 0 Å². The van der Waals surface area contributed by atoms with Gasteiger partial charge in [-0.1, -0.05) is 6.92 Å². The van der Waals surface area contributed by atoms with Crippen molar-refractivity contribution in [2.75, 3.05) is 11.5 Å². The number of aryl methyl sites for hydroxylation is 1. The summed E-state index contributed by atoms with van der Waals surface area (Å²) in [4.78, 5) is 5.63. The Balaban J connectivity index is 2.69. The molecule has 0 fully saturated rings. The molecule has 136 valence electrons. The number of halogens is 3.